The van der Waals surface area contributed by atoms with Gasteiger partial charge in [-0.1, -0.05) is 36.4 Å². The van der Waals surface area contributed by atoms with E-state index in [2.05, 4.69) is 32.4 Å². The Balaban J connectivity index is 1.41. The molecule has 1 N–H and O–H groups in total. The third-order valence-electron chi connectivity index (χ3n) is 5.10. The first-order valence-electron chi connectivity index (χ1n) is 9.32. The van der Waals surface area contributed by atoms with Gasteiger partial charge in [0, 0.05) is 43.8 Å². The largest absolute Gasteiger partial charge is 0.376 e. The number of aryl methyl sites for hydroxylation is 1. The zero-order chi connectivity index (χ0) is 19.5. The van der Waals surface area contributed by atoms with Gasteiger partial charge < -0.3 is 5.32 Å². The fourth-order valence-corrected chi connectivity index (χ4v) is 3.37. The van der Waals surface area contributed by atoms with Crippen LogP contribution in [0.25, 0.3) is 11.4 Å². The van der Waals surface area contributed by atoms with E-state index >= 15 is 0 Å². The lowest BCUT2D eigenvalue weighted by molar-refractivity contribution is -0.144. The average molecular weight is 373 g/mol. The third-order valence-corrected chi connectivity index (χ3v) is 5.10. The second-order valence-corrected chi connectivity index (χ2v) is 6.96. The summed E-state index contributed by atoms with van der Waals surface area (Å²) in [6, 6.07) is 16.1. The molecule has 2 aromatic carbocycles. The van der Waals surface area contributed by atoms with E-state index in [0.29, 0.717) is 5.82 Å². The fraction of sp³-hybridized carbons (Fsp3) is 0.227. The first-order valence-corrected chi connectivity index (χ1v) is 9.32. The molecule has 6 heteroatoms. The average Bonchev–Trinajstić information content (AvgIpc) is 3.17. The third kappa shape index (κ3) is 3.73. The molecule has 1 amide bonds. The maximum atomic E-state index is 12.7. The number of fused-ring (bicyclic) bond motifs is 1. The van der Waals surface area contributed by atoms with Crippen LogP contribution < -0.4 is 5.32 Å². The number of rotatable bonds is 5. The minimum absolute atomic E-state index is 0.0218. The molecule has 142 valence electrons. The van der Waals surface area contributed by atoms with E-state index in [-0.39, 0.29) is 12.5 Å². The predicted molar refractivity (Wildman–Crippen MR) is 109 cm³/mol. The van der Waals surface area contributed by atoms with Crippen molar-refractivity contribution in [2.24, 2.45) is 0 Å². The summed E-state index contributed by atoms with van der Waals surface area (Å²) >= 11 is 0. The molecule has 0 spiro atoms. The Morgan fingerprint density at radius 3 is 2.43 bits per heavy atom. The van der Waals surface area contributed by atoms with Crippen molar-refractivity contribution in [3.63, 3.8) is 0 Å². The number of benzene rings is 2. The van der Waals surface area contributed by atoms with Gasteiger partial charge >= 0.3 is 0 Å². The minimum Gasteiger partial charge on any atom is -0.376 e. The molecule has 0 radical (unpaired) electrons. The van der Waals surface area contributed by atoms with E-state index in [4.69, 9.17) is 0 Å². The van der Waals surface area contributed by atoms with E-state index in [0.717, 1.165) is 29.9 Å². The van der Waals surface area contributed by atoms with Crippen molar-refractivity contribution in [2.45, 2.75) is 20.0 Å². The minimum atomic E-state index is 0.0218. The van der Waals surface area contributed by atoms with Gasteiger partial charge in [0.1, 0.15) is 0 Å². The number of likely N-dealkylation sites (N-methyl/N-ethyl adjacent to an activating group) is 1. The molecule has 1 aliphatic heterocycles. The van der Waals surface area contributed by atoms with Crippen LogP contribution in [0.1, 0.15) is 16.7 Å². The molecule has 0 unspecified atom stereocenters. The second-order valence-electron chi connectivity index (χ2n) is 6.96. The van der Waals surface area contributed by atoms with Gasteiger partial charge in [0.2, 0.25) is 0 Å². The Kier molecular flexibility index (Phi) is 5.04. The Labute approximate surface area is 164 Å². The van der Waals surface area contributed by atoms with Gasteiger partial charge in [0.05, 0.1) is 6.54 Å². The Morgan fingerprint density at radius 1 is 1.07 bits per heavy atom. The quantitative estimate of drug-likeness (QED) is 0.744. The maximum Gasteiger partial charge on any atom is 0.255 e. The smallest absolute Gasteiger partial charge is 0.255 e. The lowest BCUT2D eigenvalue weighted by Gasteiger charge is -2.28. The summed E-state index contributed by atoms with van der Waals surface area (Å²) in [5, 5.41) is 7.05. The molecule has 4 rings (SSSR count). The van der Waals surface area contributed by atoms with Crippen LogP contribution in [-0.2, 0) is 17.9 Å². The monoisotopic (exact) mass is 373 g/mol. The molecule has 28 heavy (non-hydrogen) atoms. The lowest BCUT2D eigenvalue weighted by Crippen LogP contribution is -2.43. The van der Waals surface area contributed by atoms with Crippen LogP contribution in [0.4, 0.5) is 5.69 Å². The number of carbonyl (C=O) groups excluding carboxylic acids is 1. The van der Waals surface area contributed by atoms with Crippen LogP contribution in [-0.4, -0.2) is 39.5 Å². The van der Waals surface area contributed by atoms with Crippen LogP contribution in [0.3, 0.4) is 0 Å². The highest BCUT2D eigenvalue weighted by Crippen LogP contribution is 2.24. The molecule has 0 saturated carbocycles. The number of hydrazine groups is 1. The van der Waals surface area contributed by atoms with Gasteiger partial charge in [-0.3, -0.25) is 9.80 Å². The van der Waals surface area contributed by atoms with E-state index in [1.165, 1.54) is 11.1 Å². The number of amides is 1. The van der Waals surface area contributed by atoms with Crippen molar-refractivity contribution in [3.8, 4) is 11.4 Å². The summed E-state index contributed by atoms with van der Waals surface area (Å²) in [5.41, 5.74) is 5.47. The van der Waals surface area contributed by atoms with E-state index < -0.39 is 0 Å². The molecule has 0 fully saturated rings. The van der Waals surface area contributed by atoms with Gasteiger partial charge in [-0.2, -0.15) is 0 Å². The summed E-state index contributed by atoms with van der Waals surface area (Å²) < 4.78 is 0. The summed E-state index contributed by atoms with van der Waals surface area (Å²) in [7, 11) is 1.83. The van der Waals surface area contributed by atoms with Crippen molar-refractivity contribution in [1.29, 1.82) is 0 Å². The van der Waals surface area contributed by atoms with Gasteiger partial charge in [-0.25, -0.2) is 15.0 Å². The summed E-state index contributed by atoms with van der Waals surface area (Å²) in [5.74, 6) is 0.692. The summed E-state index contributed by atoms with van der Waals surface area (Å²) in [6.07, 6.45) is 3.45. The van der Waals surface area contributed by atoms with Gasteiger partial charge in [0.15, 0.2) is 5.82 Å². The Bertz CT molecular complexity index is 964. The van der Waals surface area contributed by atoms with E-state index in [1.807, 2.05) is 44.3 Å². The Hall–Kier alpha value is -3.25. The van der Waals surface area contributed by atoms with Gasteiger partial charge in [-0.15, -0.1) is 0 Å². The SMILES string of the molecule is Cc1ccc(-c2ncccn2)cc1NCC(=O)N(C)N1Cc2ccccc2C1. The van der Waals surface area contributed by atoms with Crippen LogP contribution in [0.5, 0.6) is 0 Å². The first-order chi connectivity index (χ1) is 13.6. The topological polar surface area (TPSA) is 61.4 Å². The van der Waals surface area contributed by atoms with Crippen LogP contribution in [0, 0.1) is 6.92 Å². The zero-order valence-corrected chi connectivity index (χ0v) is 16.1. The number of hydrogen-bond donors (Lipinski definition) is 1. The predicted octanol–water partition coefficient (Wildman–Crippen LogP) is 3.25. The second kappa shape index (κ2) is 7.78. The summed E-state index contributed by atoms with van der Waals surface area (Å²) in [4.78, 5) is 21.3. The maximum absolute atomic E-state index is 12.7. The molecule has 3 aromatic rings. The number of nitrogens with one attached hydrogen (secondary N) is 1. The molecular formula is C22H23N5O. The Morgan fingerprint density at radius 2 is 1.75 bits per heavy atom. The number of nitrogens with zero attached hydrogens (tertiary/aromatic N) is 4. The highest BCUT2D eigenvalue weighted by atomic mass is 16.2. The van der Waals surface area contributed by atoms with Crippen LogP contribution in [0.2, 0.25) is 0 Å². The van der Waals surface area contributed by atoms with Crippen molar-refractivity contribution in [2.75, 3.05) is 18.9 Å². The van der Waals surface area contributed by atoms with Gasteiger partial charge in [-0.05, 0) is 35.7 Å². The molecule has 1 aliphatic rings. The van der Waals surface area contributed by atoms with Crippen molar-refractivity contribution < 1.29 is 4.79 Å². The zero-order valence-electron chi connectivity index (χ0n) is 16.1. The molecule has 0 bridgehead atoms. The highest BCUT2D eigenvalue weighted by molar-refractivity contribution is 5.81. The number of hydrogen-bond acceptors (Lipinski definition) is 5. The lowest BCUT2D eigenvalue weighted by atomic mass is 10.1. The number of aromatic nitrogens is 2. The number of carbonyl (C=O) groups is 1. The number of anilines is 1. The van der Waals surface area contributed by atoms with Crippen LogP contribution in [0.15, 0.2) is 60.9 Å². The van der Waals surface area contributed by atoms with Crippen molar-refractivity contribution in [1.82, 2.24) is 20.0 Å². The molecule has 6 nitrogen and oxygen atoms in total. The standard InChI is InChI=1S/C22H23N5O/c1-16-8-9-17(22-23-10-5-11-24-22)12-20(16)25-13-21(28)26(2)27-14-18-6-3-4-7-19(18)15-27/h3-12,25H,13-15H2,1-2H3. The van der Waals surface area contributed by atoms with Crippen LogP contribution >= 0.6 is 0 Å². The molecular weight excluding hydrogens is 350 g/mol. The highest BCUT2D eigenvalue weighted by Gasteiger charge is 2.24. The van der Waals surface area contributed by atoms with E-state index in [1.54, 1.807) is 23.5 Å². The summed E-state index contributed by atoms with van der Waals surface area (Å²) in [6.45, 7) is 3.77. The molecule has 0 saturated heterocycles. The molecule has 1 aromatic heterocycles. The van der Waals surface area contributed by atoms with E-state index in [9.17, 15) is 4.79 Å². The fourth-order valence-electron chi connectivity index (χ4n) is 3.37. The normalized spacial score (nSPS) is 13.2. The molecule has 0 atom stereocenters. The molecule has 0 aliphatic carbocycles. The van der Waals surface area contributed by atoms with Crippen molar-refractivity contribution in [3.05, 3.63) is 77.6 Å². The van der Waals surface area contributed by atoms with Gasteiger partial charge in [0.25, 0.3) is 5.91 Å². The van der Waals surface area contributed by atoms with Crippen molar-refractivity contribution >= 4 is 11.6 Å². The molecule has 2 heterocycles. The first kappa shape index (κ1) is 18.1.